The maximum atomic E-state index is 12.2. The molecule has 1 heterocycles. The number of hydrogen-bond donors (Lipinski definition) is 1. The molecule has 0 aromatic carbocycles. The molecule has 44 valence electrons. The summed E-state index contributed by atoms with van der Waals surface area (Å²) in [5, 5.41) is 2.78. The number of nitrogens with one attached hydrogen (secondary N) is 1. The van der Waals surface area contributed by atoms with Gasteiger partial charge in [0.05, 0.1) is 0 Å². The third-order valence-corrected chi connectivity index (χ3v) is 1.01. The zero-order chi connectivity index (χ0) is 5.98. The van der Waals surface area contributed by atoms with E-state index in [1.807, 2.05) is 6.92 Å². The molecule has 0 saturated heterocycles. The van der Waals surface area contributed by atoms with Gasteiger partial charge in [0.2, 0.25) is 0 Å². The lowest BCUT2D eigenvalue weighted by molar-refractivity contribution is 0.642. The van der Waals surface area contributed by atoms with Crippen molar-refractivity contribution in [1.29, 1.82) is 0 Å². The van der Waals surface area contributed by atoms with Gasteiger partial charge in [-0.05, 0) is 13.0 Å². The number of allylic oxidation sites excluding steroid dienone is 2. The van der Waals surface area contributed by atoms with Crippen molar-refractivity contribution in [2.45, 2.75) is 6.92 Å². The Bertz CT molecular complexity index is 147. The van der Waals surface area contributed by atoms with Crippen LogP contribution in [0.3, 0.4) is 0 Å². The van der Waals surface area contributed by atoms with Crippen LogP contribution >= 0.6 is 0 Å². The Morgan fingerprint density at radius 2 is 2.50 bits per heavy atom. The summed E-state index contributed by atoms with van der Waals surface area (Å²) in [5.41, 5.74) is 1.03. The molecule has 0 atom stereocenters. The van der Waals surface area contributed by atoms with E-state index in [2.05, 4.69) is 5.32 Å². The highest BCUT2D eigenvalue weighted by molar-refractivity contribution is 5.21. The van der Waals surface area contributed by atoms with E-state index in [0.29, 0.717) is 0 Å². The van der Waals surface area contributed by atoms with Gasteiger partial charge in [-0.15, -0.1) is 0 Å². The van der Waals surface area contributed by atoms with Crippen LogP contribution in [-0.4, -0.2) is 6.54 Å². The zero-order valence-electron chi connectivity index (χ0n) is 4.74. The topological polar surface area (TPSA) is 12.0 Å². The molecule has 2 heteroatoms. The molecule has 1 aliphatic rings. The Balaban J connectivity index is 2.69. The van der Waals surface area contributed by atoms with Gasteiger partial charge in [0.15, 0.2) is 0 Å². The minimum Gasteiger partial charge on any atom is -0.385 e. The second kappa shape index (κ2) is 1.99. The highest BCUT2D eigenvalue weighted by atomic mass is 19.1. The Kier molecular flexibility index (Phi) is 1.33. The molecule has 0 bridgehead atoms. The van der Waals surface area contributed by atoms with Crippen molar-refractivity contribution in [2.75, 3.05) is 6.54 Å². The van der Waals surface area contributed by atoms with E-state index in [0.717, 1.165) is 12.1 Å². The highest BCUT2D eigenvalue weighted by Gasteiger charge is 1.96. The van der Waals surface area contributed by atoms with E-state index >= 15 is 0 Å². The normalized spacial score (nSPS) is 18.8. The first kappa shape index (κ1) is 5.35. The van der Waals surface area contributed by atoms with Crippen LogP contribution in [0.2, 0.25) is 0 Å². The molecule has 0 aliphatic carbocycles. The average Bonchev–Trinajstić information content (AvgIpc) is 1.64. The van der Waals surface area contributed by atoms with Gasteiger partial charge in [-0.2, -0.15) is 0 Å². The van der Waals surface area contributed by atoms with Gasteiger partial charge >= 0.3 is 0 Å². The van der Waals surface area contributed by atoms with Crippen LogP contribution in [0, 0.1) is 0 Å². The second-order valence-electron chi connectivity index (χ2n) is 1.90. The van der Waals surface area contributed by atoms with E-state index in [1.165, 1.54) is 12.3 Å². The summed E-state index contributed by atoms with van der Waals surface area (Å²) in [6.07, 6.45) is 2.89. The van der Waals surface area contributed by atoms with Crippen molar-refractivity contribution in [2.24, 2.45) is 0 Å². The van der Waals surface area contributed by atoms with Gasteiger partial charge < -0.3 is 5.32 Å². The van der Waals surface area contributed by atoms with Gasteiger partial charge in [-0.25, -0.2) is 4.39 Å². The molecule has 0 amide bonds. The summed E-state index contributed by atoms with van der Waals surface area (Å²) < 4.78 is 12.2. The molecule has 1 aliphatic heterocycles. The quantitative estimate of drug-likeness (QED) is 0.500. The van der Waals surface area contributed by atoms with Gasteiger partial charge in [0.25, 0.3) is 0 Å². The Morgan fingerprint density at radius 1 is 1.75 bits per heavy atom. The van der Waals surface area contributed by atoms with E-state index in [9.17, 15) is 4.39 Å². The van der Waals surface area contributed by atoms with E-state index in [4.69, 9.17) is 0 Å². The number of halogens is 1. The van der Waals surface area contributed by atoms with Crippen LogP contribution in [0.4, 0.5) is 4.39 Å². The van der Waals surface area contributed by atoms with Crippen molar-refractivity contribution in [1.82, 2.24) is 5.32 Å². The average molecular weight is 113 g/mol. The summed E-state index contributed by atoms with van der Waals surface area (Å²) >= 11 is 0. The molecule has 0 fully saturated rings. The molecule has 0 saturated carbocycles. The summed E-state index contributed by atoms with van der Waals surface area (Å²) in [6, 6.07) is 0. The fraction of sp³-hybridized carbons (Fsp3) is 0.333. The van der Waals surface area contributed by atoms with Gasteiger partial charge in [-0.1, -0.05) is 5.57 Å². The van der Waals surface area contributed by atoms with Crippen LogP contribution in [0.15, 0.2) is 23.7 Å². The summed E-state index contributed by atoms with van der Waals surface area (Å²) in [7, 11) is 0. The van der Waals surface area contributed by atoms with E-state index < -0.39 is 0 Å². The fourth-order valence-electron chi connectivity index (χ4n) is 0.638. The largest absolute Gasteiger partial charge is 0.385 e. The van der Waals surface area contributed by atoms with Crippen molar-refractivity contribution >= 4 is 0 Å². The molecule has 0 aromatic heterocycles. The Labute approximate surface area is 47.9 Å². The third kappa shape index (κ3) is 1.09. The standard InChI is InChI=1S/C6H8FN/c1-5-2-6(7)4-8-3-5/h2,4,8H,3H2,1H3. The molecule has 1 rings (SSSR count). The van der Waals surface area contributed by atoms with E-state index in [-0.39, 0.29) is 5.83 Å². The monoisotopic (exact) mass is 113 g/mol. The molecule has 1 N–H and O–H groups in total. The lowest BCUT2D eigenvalue weighted by Crippen LogP contribution is -2.11. The van der Waals surface area contributed by atoms with Gasteiger partial charge in [-0.3, -0.25) is 0 Å². The molecular weight excluding hydrogens is 105 g/mol. The molecule has 0 unspecified atom stereocenters. The van der Waals surface area contributed by atoms with Crippen LogP contribution in [0.5, 0.6) is 0 Å². The maximum absolute atomic E-state index is 12.2. The number of dihydropyridines is 1. The van der Waals surface area contributed by atoms with Crippen LogP contribution in [-0.2, 0) is 0 Å². The first-order valence-electron chi connectivity index (χ1n) is 2.55. The van der Waals surface area contributed by atoms with Crippen molar-refractivity contribution in [3.8, 4) is 0 Å². The van der Waals surface area contributed by atoms with Crippen molar-refractivity contribution in [3.63, 3.8) is 0 Å². The summed E-state index contributed by atoms with van der Waals surface area (Å²) in [6.45, 7) is 2.66. The third-order valence-electron chi connectivity index (χ3n) is 1.01. The van der Waals surface area contributed by atoms with Crippen LogP contribution in [0.25, 0.3) is 0 Å². The second-order valence-corrected chi connectivity index (χ2v) is 1.90. The van der Waals surface area contributed by atoms with Gasteiger partial charge in [0.1, 0.15) is 5.83 Å². The lowest BCUT2D eigenvalue weighted by Gasteiger charge is -2.05. The Morgan fingerprint density at radius 3 is 2.88 bits per heavy atom. The van der Waals surface area contributed by atoms with Crippen molar-refractivity contribution < 1.29 is 4.39 Å². The first-order valence-corrected chi connectivity index (χ1v) is 2.55. The highest BCUT2D eigenvalue weighted by Crippen LogP contribution is 2.05. The fourth-order valence-corrected chi connectivity index (χ4v) is 0.638. The minimum atomic E-state index is -0.186. The molecule has 8 heavy (non-hydrogen) atoms. The molecule has 0 aromatic rings. The summed E-state index contributed by atoms with van der Waals surface area (Å²) in [4.78, 5) is 0. The first-order chi connectivity index (χ1) is 3.79. The SMILES string of the molecule is CC1=CC(F)=CNC1. The molecule has 0 spiro atoms. The number of rotatable bonds is 0. The molecule has 1 nitrogen and oxygen atoms in total. The predicted molar refractivity (Wildman–Crippen MR) is 31.0 cm³/mol. The smallest absolute Gasteiger partial charge is 0.138 e. The molecule has 0 radical (unpaired) electrons. The minimum absolute atomic E-state index is 0.186. The predicted octanol–water partition coefficient (Wildman–Crippen LogP) is 1.35. The zero-order valence-corrected chi connectivity index (χ0v) is 4.74. The Hall–Kier alpha value is -0.790. The van der Waals surface area contributed by atoms with Gasteiger partial charge in [0, 0.05) is 12.7 Å². The number of hydrogen-bond acceptors (Lipinski definition) is 1. The van der Waals surface area contributed by atoms with Crippen molar-refractivity contribution in [3.05, 3.63) is 23.7 Å². The van der Waals surface area contributed by atoms with Crippen LogP contribution < -0.4 is 5.32 Å². The molecular formula is C6H8FN. The van der Waals surface area contributed by atoms with E-state index in [1.54, 1.807) is 0 Å². The maximum Gasteiger partial charge on any atom is 0.138 e. The van der Waals surface area contributed by atoms with Crippen LogP contribution in [0.1, 0.15) is 6.92 Å². The summed E-state index contributed by atoms with van der Waals surface area (Å²) in [5.74, 6) is -0.186. The lowest BCUT2D eigenvalue weighted by atomic mass is 10.2.